The van der Waals surface area contributed by atoms with E-state index in [4.69, 9.17) is 4.42 Å². The fraction of sp³-hybridized carbons (Fsp3) is 0.500. The lowest BCUT2D eigenvalue weighted by atomic mass is 10.0. The fourth-order valence-corrected chi connectivity index (χ4v) is 3.32. The maximum Gasteiger partial charge on any atom is 0.339 e. The molecule has 2 aromatic rings. The van der Waals surface area contributed by atoms with Crippen molar-refractivity contribution >= 4 is 11.0 Å². The fourth-order valence-electron chi connectivity index (χ4n) is 3.32. The molecule has 0 unspecified atom stereocenters. The summed E-state index contributed by atoms with van der Waals surface area (Å²) in [4.78, 5) is 14.3. The van der Waals surface area contributed by atoms with E-state index in [1.807, 2.05) is 13.1 Å². The molecule has 0 aliphatic heterocycles. The lowest BCUT2D eigenvalue weighted by Crippen LogP contribution is -2.19. The van der Waals surface area contributed by atoms with Gasteiger partial charge in [0.1, 0.15) is 11.3 Å². The highest BCUT2D eigenvalue weighted by Crippen LogP contribution is 2.33. The molecule has 0 bridgehead atoms. The molecule has 0 fully saturated rings. The van der Waals surface area contributed by atoms with E-state index in [9.17, 15) is 9.90 Å². The van der Waals surface area contributed by atoms with Gasteiger partial charge in [0, 0.05) is 17.5 Å². The zero-order chi connectivity index (χ0) is 15.7. The molecule has 4 heteroatoms. The number of phenolic OH excluding ortho intramolecular Hbond substituents is 1. The Hall–Kier alpha value is -1.81. The van der Waals surface area contributed by atoms with Gasteiger partial charge in [-0.1, -0.05) is 13.3 Å². The minimum atomic E-state index is -0.233. The van der Waals surface area contributed by atoms with Crippen molar-refractivity contribution in [1.82, 2.24) is 4.90 Å². The second-order valence-corrected chi connectivity index (χ2v) is 6.23. The van der Waals surface area contributed by atoms with Crippen LogP contribution in [0.25, 0.3) is 11.0 Å². The lowest BCUT2D eigenvalue weighted by Gasteiger charge is -2.18. The number of benzene rings is 1. The summed E-state index contributed by atoms with van der Waals surface area (Å²) in [6.45, 7) is 3.71. The number of unbranched alkanes of at least 4 members (excludes halogenated alkanes) is 1. The third kappa shape index (κ3) is 2.63. The molecule has 1 N–H and O–H groups in total. The number of rotatable bonds is 5. The van der Waals surface area contributed by atoms with Gasteiger partial charge in [-0.15, -0.1) is 0 Å². The Bertz CT molecular complexity index is 748. The molecule has 1 aromatic carbocycles. The van der Waals surface area contributed by atoms with E-state index < -0.39 is 0 Å². The average Bonchev–Trinajstić information content (AvgIpc) is 2.99. The summed E-state index contributed by atoms with van der Waals surface area (Å²) < 4.78 is 5.58. The Kier molecular flexibility index (Phi) is 4.21. The normalized spacial score (nSPS) is 14.0. The highest BCUT2D eigenvalue weighted by Gasteiger charge is 2.22. The molecule has 0 saturated heterocycles. The molecule has 22 heavy (non-hydrogen) atoms. The Morgan fingerprint density at radius 1 is 1.27 bits per heavy atom. The van der Waals surface area contributed by atoms with Crippen LogP contribution in [0, 0.1) is 0 Å². The maximum absolute atomic E-state index is 12.2. The van der Waals surface area contributed by atoms with Crippen LogP contribution in [0.4, 0.5) is 0 Å². The first kappa shape index (κ1) is 15.1. The summed E-state index contributed by atoms with van der Waals surface area (Å²) in [5.74, 6) is 0.206. The van der Waals surface area contributed by atoms with E-state index in [1.54, 1.807) is 6.07 Å². The quantitative estimate of drug-likeness (QED) is 0.862. The van der Waals surface area contributed by atoms with Gasteiger partial charge in [-0.05, 0) is 57.0 Å². The summed E-state index contributed by atoms with van der Waals surface area (Å²) in [5.41, 5.74) is 2.99. The second kappa shape index (κ2) is 6.13. The van der Waals surface area contributed by atoms with Gasteiger partial charge in [0.05, 0.1) is 5.56 Å². The van der Waals surface area contributed by atoms with Gasteiger partial charge in [0.25, 0.3) is 0 Å². The number of aryl methyl sites for hydroxylation is 1. The predicted octanol–water partition coefficient (Wildman–Crippen LogP) is 3.22. The number of fused-ring (bicyclic) bond motifs is 3. The molecule has 3 rings (SSSR count). The van der Waals surface area contributed by atoms with Crippen molar-refractivity contribution in [2.75, 3.05) is 13.6 Å². The van der Waals surface area contributed by atoms with Gasteiger partial charge >= 0.3 is 5.63 Å². The van der Waals surface area contributed by atoms with Crippen molar-refractivity contribution in [3.63, 3.8) is 0 Å². The number of hydrogen-bond acceptors (Lipinski definition) is 4. The summed E-state index contributed by atoms with van der Waals surface area (Å²) in [6.07, 6.45) is 4.98. The third-order valence-electron chi connectivity index (χ3n) is 4.54. The van der Waals surface area contributed by atoms with Gasteiger partial charge in [0.2, 0.25) is 0 Å². The lowest BCUT2D eigenvalue weighted by molar-refractivity contribution is 0.314. The Morgan fingerprint density at radius 3 is 2.82 bits per heavy atom. The van der Waals surface area contributed by atoms with Crippen LogP contribution < -0.4 is 5.63 Å². The summed E-state index contributed by atoms with van der Waals surface area (Å²) in [6, 6.07) is 3.61. The first-order valence-corrected chi connectivity index (χ1v) is 8.09. The largest absolute Gasteiger partial charge is 0.507 e. The van der Waals surface area contributed by atoms with Crippen LogP contribution in [0.2, 0.25) is 0 Å². The van der Waals surface area contributed by atoms with E-state index in [2.05, 4.69) is 11.8 Å². The van der Waals surface area contributed by atoms with Gasteiger partial charge in [0.15, 0.2) is 0 Å². The molecule has 1 aromatic heterocycles. The molecule has 1 aliphatic rings. The molecule has 0 atom stereocenters. The highest BCUT2D eigenvalue weighted by molar-refractivity contribution is 5.86. The van der Waals surface area contributed by atoms with Crippen molar-refractivity contribution in [2.45, 2.75) is 45.6 Å². The van der Waals surface area contributed by atoms with Crippen LogP contribution in [0.5, 0.6) is 5.75 Å². The number of phenols is 1. The molecule has 1 aliphatic carbocycles. The van der Waals surface area contributed by atoms with Crippen molar-refractivity contribution in [2.24, 2.45) is 0 Å². The molecule has 0 amide bonds. The first-order chi connectivity index (χ1) is 10.6. The van der Waals surface area contributed by atoms with Gasteiger partial charge in [-0.3, -0.25) is 0 Å². The third-order valence-corrected chi connectivity index (χ3v) is 4.54. The van der Waals surface area contributed by atoms with Crippen LogP contribution in [0.15, 0.2) is 21.3 Å². The molecule has 0 radical (unpaired) electrons. The van der Waals surface area contributed by atoms with Gasteiger partial charge in [-0.25, -0.2) is 4.79 Å². The summed E-state index contributed by atoms with van der Waals surface area (Å²) >= 11 is 0. The topological polar surface area (TPSA) is 53.7 Å². The van der Waals surface area contributed by atoms with Crippen molar-refractivity contribution < 1.29 is 9.52 Å². The van der Waals surface area contributed by atoms with Gasteiger partial charge in [-0.2, -0.15) is 0 Å². The van der Waals surface area contributed by atoms with E-state index in [0.29, 0.717) is 12.1 Å². The maximum atomic E-state index is 12.2. The number of aromatic hydroxyl groups is 1. The standard InChI is InChI=1S/C18H23NO3/c1-3-4-10-19(2)11-15-16(20)9-8-13-12-6-5-7-14(12)18(21)22-17(13)15/h8-9,20H,3-7,10-11H2,1-2H3. The minimum absolute atomic E-state index is 0.206. The van der Waals surface area contributed by atoms with Crippen molar-refractivity contribution in [3.8, 4) is 5.75 Å². The van der Waals surface area contributed by atoms with E-state index in [0.717, 1.165) is 60.7 Å². The Labute approximate surface area is 130 Å². The molecule has 4 nitrogen and oxygen atoms in total. The first-order valence-electron chi connectivity index (χ1n) is 8.09. The van der Waals surface area contributed by atoms with E-state index >= 15 is 0 Å². The van der Waals surface area contributed by atoms with Crippen LogP contribution in [-0.2, 0) is 19.4 Å². The van der Waals surface area contributed by atoms with Crippen LogP contribution in [-0.4, -0.2) is 23.6 Å². The molecule has 118 valence electrons. The smallest absolute Gasteiger partial charge is 0.339 e. The molecular weight excluding hydrogens is 278 g/mol. The monoisotopic (exact) mass is 301 g/mol. The minimum Gasteiger partial charge on any atom is -0.507 e. The number of hydrogen-bond donors (Lipinski definition) is 1. The SMILES string of the molecule is CCCCN(C)Cc1c(O)ccc2c3c(c(=O)oc12)CCC3. The molecule has 1 heterocycles. The van der Waals surface area contributed by atoms with Crippen LogP contribution >= 0.6 is 0 Å². The Morgan fingerprint density at radius 2 is 2.05 bits per heavy atom. The second-order valence-electron chi connectivity index (χ2n) is 6.23. The zero-order valence-corrected chi connectivity index (χ0v) is 13.3. The van der Waals surface area contributed by atoms with E-state index in [-0.39, 0.29) is 11.4 Å². The molecular formula is C18H23NO3. The highest BCUT2D eigenvalue weighted by atomic mass is 16.4. The average molecular weight is 301 g/mol. The van der Waals surface area contributed by atoms with Crippen molar-refractivity contribution in [3.05, 3.63) is 39.2 Å². The van der Waals surface area contributed by atoms with Crippen molar-refractivity contribution in [1.29, 1.82) is 0 Å². The van der Waals surface area contributed by atoms with E-state index in [1.165, 1.54) is 0 Å². The Balaban J connectivity index is 2.08. The molecule has 0 saturated carbocycles. The summed E-state index contributed by atoms with van der Waals surface area (Å²) in [7, 11) is 2.03. The molecule has 0 spiro atoms. The predicted molar refractivity (Wildman–Crippen MR) is 87.4 cm³/mol. The van der Waals surface area contributed by atoms with Gasteiger partial charge < -0.3 is 14.4 Å². The zero-order valence-electron chi connectivity index (χ0n) is 13.3. The van der Waals surface area contributed by atoms with Crippen LogP contribution in [0.3, 0.4) is 0 Å². The summed E-state index contributed by atoms with van der Waals surface area (Å²) in [5, 5.41) is 11.2. The number of nitrogens with zero attached hydrogens (tertiary/aromatic N) is 1. The van der Waals surface area contributed by atoms with Crippen LogP contribution in [0.1, 0.15) is 42.9 Å².